The van der Waals surface area contributed by atoms with Crippen molar-refractivity contribution in [2.45, 2.75) is 6.92 Å². The molecule has 5 nitrogen and oxygen atoms in total. The molecule has 2 aromatic rings. The predicted molar refractivity (Wildman–Crippen MR) is 109 cm³/mol. The summed E-state index contributed by atoms with van der Waals surface area (Å²) in [6.45, 7) is 4.69. The number of nitrogens with zero attached hydrogens (tertiary/aromatic N) is 1. The lowest BCUT2D eigenvalue weighted by atomic mass is 10.1. The second-order valence-electron chi connectivity index (χ2n) is 5.96. The Balaban J connectivity index is 1.74. The van der Waals surface area contributed by atoms with E-state index >= 15 is 0 Å². The molecule has 0 bridgehead atoms. The van der Waals surface area contributed by atoms with Crippen LogP contribution in [-0.4, -0.2) is 37.3 Å². The number of ether oxygens (including phenoxy) is 1. The summed E-state index contributed by atoms with van der Waals surface area (Å²) in [6.07, 6.45) is 0. The molecule has 7 heteroatoms. The molecule has 1 saturated heterocycles. The fraction of sp³-hybridized carbons (Fsp3) is 0.263. The monoisotopic (exact) mass is 389 g/mol. The predicted octanol–water partition coefficient (Wildman–Crippen LogP) is 3.61. The molecular weight excluding hydrogens is 370 g/mol. The average Bonchev–Trinajstić information content (AvgIpc) is 2.62. The molecule has 0 spiro atoms. The van der Waals surface area contributed by atoms with Crippen molar-refractivity contribution >= 4 is 46.2 Å². The summed E-state index contributed by atoms with van der Waals surface area (Å²) in [6, 6.07) is 13.0. The van der Waals surface area contributed by atoms with Gasteiger partial charge >= 0.3 is 0 Å². The van der Waals surface area contributed by atoms with Gasteiger partial charge in [-0.2, -0.15) is 0 Å². The third-order valence-electron chi connectivity index (χ3n) is 4.18. The van der Waals surface area contributed by atoms with E-state index in [0.717, 1.165) is 30.0 Å². The molecule has 0 unspecified atom stereocenters. The number of nitrogens with one attached hydrogen (secondary N) is 2. The highest BCUT2D eigenvalue weighted by Crippen LogP contribution is 2.34. The van der Waals surface area contributed by atoms with Crippen LogP contribution in [0.15, 0.2) is 42.5 Å². The SMILES string of the molecule is Cc1ccccc1C(=O)NC(=S)Nc1cccc(Cl)c1N1CCOCC1. The van der Waals surface area contributed by atoms with Gasteiger partial charge < -0.3 is 15.0 Å². The normalized spacial score (nSPS) is 14.0. The lowest BCUT2D eigenvalue weighted by Crippen LogP contribution is -2.38. The van der Waals surface area contributed by atoms with E-state index in [-0.39, 0.29) is 11.0 Å². The van der Waals surface area contributed by atoms with Gasteiger partial charge in [0, 0.05) is 18.7 Å². The van der Waals surface area contributed by atoms with Gasteiger partial charge in [0.1, 0.15) is 0 Å². The number of anilines is 2. The van der Waals surface area contributed by atoms with E-state index in [2.05, 4.69) is 15.5 Å². The molecule has 0 aromatic heterocycles. The molecule has 1 aliphatic heterocycles. The number of hydrogen-bond donors (Lipinski definition) is 2. The van der Waals surface area contributed by atoms with Gasteiger partial charge in [-0.05, 0) is 42.9 Å². The van der Waals surface area contributed by atoms with E-state index in [9.17, 15) is 4.79 Å². The van der Waals surface area contributed by atoms with Crippen LogP contribution in [0.5, 0.6) is 0 Å². The molecule has 2 aromatic carbocycles. The largest absolute Gasteiger partial charge is 0.378 e. The Morgan fingerprint density at radius 1 is 1.15 bits per heavy atom. The average molecular weight is 390 g/mol. The minimum absolute atomic E-state index is 0.232. The first-order valence-electron chi connectivity index (χ1n) is 8.35. The highest BCUT2D eigenvalue weighted by molar-refractivity contribution is 7.80. The molecule has 1 heterocycles. The maximum Gasteiger partial charge on any atom is 0.257 e. The summed E-state index contributed by atoms with van der Waals surface area (Å²) in [5, 5.41) is 6.69. The van der Waals surface area contributed by atoms with Crippen LogP contribution in [0.1, 0.15) is 15.9 Å². The van der Waals surface area contributed by atoms with Crippen molar-refractivity contribution in [2.75, 3.05) is 36.5 Å². The van der Waals surface area contributed by atoms with Gasteiger partial charge in [-0.3, -0.25) is 10.1 Å². The fourth-order valence-corrected chi connectivity index (χ4v) is 3.37. The topological polar surface area (TPSA) is 53.6 Å². The first-order chi connectivity index (χ1) is 12.6. The first kappa shape index (κ1) is 18.6. The second-order valence-corrected chi connectivity index (χ2v) is 6.77. The number of aryl methyl sites for hydroxylation is 1. The molecule has 26 heavy (non-hydrogen) atoms. The van der Waals surface area contributed by atoms with Crippen molar-refractivity contribution in [1.82, 2.24) is 5.32 Å². The molecule has 1 fully saturated rings. The minimum atomic E-state index is -0.240. The van der Waals surface area contributed by atoms with Gasteiger partial charge in [0.2, 0.25) is 0 Å². The molecule has 1 amide bonds. The van der Waals surface area contributed by atoms with Crippen LogP contribution in [-0.2, 0) is 4.74 Å². The van der Waals surface area contributed by atoms with Gasteiger partial charge in [0.15, 0.2) is 5.11 Å². The zero-order valence-electron chi connectivity index (χ0n) is 14.4. The molecular formula is C19H20ClN3O2S. The van der Waals surface area contributed by atoms with Crippen LogP contribution in [0.2, 0.25) is 5.02 Å². The number of carbonyl (C=O) groups excluding carboxylic acids is 1. The van der Waals surface area contributed by atoms with Crippen LogP contribution < -0.4 is 15.5 Å². The van der Waals surface area contributed by atoms with Gasteiger partial charge in [0.25, 0.3) is 5.91 Å². The molecule has 0 aliphatic carbocycles. The highest BCUT2D eigenvalue weighted by atomic mass is 35.5. The summed E-state index contributed by atoms with van der Waals surface area (Å²) in [5.74, 6) is -0.240. The van der Waals surface area contributed by atoms with Crippen LogP contribution in [0.25, 0.3) is 0 Å². The van der Waals surface area contributed by atoms with E-state index in [4.69, 9.17) is 28.6 Å². The summed E-state index contributed by atoms with van der Waals surface area (Å²) >= 11 is 11.7. The summed E-state index contributed by atoms with van der Waals surface area (Å²) in [5.41, 5.74) is 3.11. The van der Waals surface area contributed by atoms with Crippen LogP contribution in [0.3, 0.4) is 0 Å². The molecule has 3 rings (SSSR count). The number of para-hydroxylation sites is 1. The maximum absolute atomic E-state index is 12.4. The lowest BCUT2D eigenvalue weighted by molar-refractivity contribution is 0.0977. The first-order valence-corrected chi connectivity index (χ1v) is 9.14. The number of amides is 1. The Labute approximate surface area is 163 Å². The number of thiocarbonyl (C=S) groups is 1. The number of benzene rings is 2. The molecule has 1 aliphatic rings. The number of morpholine rings is 1. The second kappa shape index (κ2) is 8.49. The molecule has 136 valence electrons. The lowest BCUT2D eigenvalue weighted by Gasteiger charge is -2.31. The van der Waals surface area contributed by atoms with Gasteiger partial charge in [0.05, 0.1) is 29.6 Å². The third kappa shape index (κ3) is 4.33. The van der Waals surface area contributed by atoms with Gasteiger partial charge in [-0.25, -0.2) is 0 Å². The van der Waals surface area contributed by atoms with Crippen LogP contribution in [0, 0.1) is 6.92 Å². The van der Waals surface area contributed by atoms with Crippen molar-refractivity contribution in [2.24, 2.45) is 0 Å². The summed E-state index contributed by atoms with van der Waals surface area (Å²) < 4.78 is 5.41. The van der Waals surface area contributed by atoms with E-state index in [1.807, 2.05) is 43.3 Å². The molecule has 2 N–H and O–H groups in total. The van der Waals surface area contributed by atoms with Crippen LogP contribution in [0.4, 0.5) is 11.4 Å². The van der Waals surface area contributed by atoms with E-state index in [1.54, 1.807) is 6.07 Å². The Morgan fingerprint density at radius 3 is 2.62 bits per heavy atom. The summed E-state index contributed by atoms with van der Waals surface area (Å²) in [4.78, 5) is 14.6. The quantitative estimate of drug-likeness (QED) is 0.785. The van der Waals surface area contributed by atoms with Crippen molar-refractivity contribution in [3.8, 4) is 0 Å². The van der Waals surface area contributed by atoms with E-state index < -0.39 is 0 Å². The number of halogens is 1. The van der Waals surface area contributed by atoms with E-state index in [0.29, 0.717) is 23.8 Å². The van der Waals surface area contributed by atoms with E-state index in [1.165, 1.54) is 0 Å². The number of carbonyl (C=O) groups is 1. The smallest absolute Gasteiger partial charge is 0.257 e. The molecule has 0 saturated carbocycles. The Kier molecular flexibility index (Phi) is 6.08. The Hall–Kier alpha value is -2.15. The zero-order valence-corrected chi connectivity index (χ0v) is 16.0. The molecule has 0 radical (unpaired) electrons. The van der Waals surface area contributed by atoms with Crippen molar-refractivity contribution in [3.05, 3.63) is 58.6 Å². The van der Waals surface area contributed by atoms with Crippen molar-refractivity contribution < 1.29 is 9.53 Å². The fourth-order valence-electron chi connectivity index (χ4n) is 2.88. The zero-order chi connectivity index (χ0) is 18.5. The Morgan fingerprint density at radius 2 is 1.88 bits per heavy atom. The third-order valence-corrected chi connectivity index (χ3v) is 4.69. The molecule has 0 atom stereocenters. The standard InChI is InChI=1S/C19H20ClN3O2S/c1-13-5-2-3-6-14(13)18(24)22-19(26)21-16-8-4-7-15(20)17(16)23-9-11-25-12-10-23/h2-8H,9-12H2,1H3,(H2,21,22,24,26). The minimum Gasteiger partial charge on any atom is -0.378 e. The number of rotatable bonds is 3. The van der Waals surface area contributed by atoms with Crippen molar-refractivity contribution in [1.29, 1.82) is 0 Å². The number of hydrogen-bond acceptors (Lipinski definition) is 4. The summed E-state index contributed by atoms with van der Waals surface area (Å²) in [7, 11) is 0. The highest BCUT2D eigenvalue weighted by Gasteiger charge is 2.19. The van der Waals surface area contributed by atoms with Gasteiger partial charge in [-0.15, -0.1) is 0 Å². The van der Waals surface area contributed by atoms with Gasteiger partial charge in [-0.1, -0.05) is 35.9 Å². The Bertz CT molecular complexity index is 822. The van der Waals surface area contributed by atoms with Crippen molar-refractivity contribution in [3.63, 3.8) is 0 Å². The van der Waals surface area contributed by atoms with Crippen LogP contribution >= 0.6 is 23.8 Å². The maximum atomic E-state index is 12.4.